The normalized spacial score (nSPS) is 15.5. The van der Waals surface area contributed by atoms with Crippen LogP contribution >= 0.6 is 11.3 Å². The van der Waals surface area contributed by atoms with Crippen molar-refractivity contribution in [3.8, 4) is 11.3 Å². The van der Waals surface area contributed by atoms with Gasteiger partial charge in [-0.2, -0.15) is 0 Å². The van der Waals surface area contributed by atoms with Crippen LogP contribution in [0.1, 0.15) is 17.9 Å². The Balaban J connectivity index is 1.45. The largest absolute Gasteiger partial charge is 0.325 e. The Morgan fingerprint density at radius 1 is 1.24 bits per heavy atom. The van der Waals surface area contributed by atoms with Gasteiger partial charge in [-0.3, -0.25) is 14.6 Å². The van der Waals surface area contributed by atoms with E-state index in [1.165, 1.54) is 11.3 Å². The fraction of sp³-hybridized carbons (Fsp3) is 0.111. The molecule has 0 saturated carbocycles. The van der Waals surface area contributed by atoms with Gasteiger partial charge in [0.2, 0.25) is 11.8 Å². The Morgan fingerprint density at radius 3 is 2.96 bits per heavy atom. The molecule has 0 fully saturated rings. The fourth-order valence-electron chi connectivity index (χ4n) is 2.81. The maximum Gasteiger partial charge on any atom is 0.232 e. The lowest BCUT2D eigenvalue weighted by atomic mass is 9.97. The summed E-state index contributed by atoms with van der Waals surface area (Å²) >= 11 is 1.35. The Morgan fingerprint density at radius 2 is 2.12 bits per heavy atom. The van der Waals surface area contributed by atoms with E-state index in [2.05, 4.69) is 20.6 Å². The van der Waals surface area contributed by atoms with Crippen LogP contribution in [-0.2, 0) is 9.59 Å². The molecule has 6 nitrogen and oxygen atoms in total. The predicted octanol–water partition coefficient (Wildman–Crippen LogP) is 3.27. The standard InChI is InChI=1S/C18H14N4O2S/c23-16(8-13-12-5-1-2-6-14(12)20-17(13)24)22-18-21-15(10-25-18)11-4-3-7-19-9-11/h1-7,9-10,13H,8H2,(H,20,24)(H,21,22,23)/t13-/m0/s1. The lowest BCUT2D eigenvalue weighted by Gasteiger charge is -2.08. The van der Waals surface area contributed by atoms with Gasteiger partial charge in [0.25, 0.3) is 0 Å². The topological polar surface area (TPSA) is 84.0 Å². The second-order valence-corrected chi connectivity index (χ2v) is 6.52. The van der Waals surface area contributed by atoms with Gasteiger partial charge < -0.3 is 10.6 Å². The van der Waals surface area contributed by atoms with Crippen LogP contribution in [0.25, 0.3) is 11.3 Å². The SMILES string of the molecule is O=C(C[C@@H]1C(=O)Nc2ccccc21)Nc1nc(-c2cccnc2)cs1. The van der Waals surface area contributed by atoms with Gasteiger partial charge in [-0.15, -0.1) is 11.3 Å². The van der Waals surface area contributed by atoms with E-state index in [9.17, 15) is 9.59 Å². The number of carbonyl (C=O) groups is 2. The lowest BCUT2D eigenvalue weighted by molar-refractivity contribution is -0.122. The van der Waals surface area contributed by atoms with Crippen LogP contribution in [0.2, 0.25) is 0 Å². The van der Waals surface area contributed by atoms with Gasteiger partial charge in [-0.05, 0) is 23.8 Å². The molecular formula is C18H14N4O2S. The average Bonchev–Trinajstić information content (AvgIpc) is 3.21. The van der Waals surface area contributed by atoms with Crippen LogP contribution in [0, 0.1) is 0 Å². The molecule has 7 heteroatoms. The number of nitrogens with zero attached hydrogens (tertiary/aromatic N) is 2. The number of thiazole rings is 1. The highest BCUT2D eigenvalue weighted by atomic mass is 32.1. The van der Waals surface area contributed by atoms with Crippen molar-refractivity contribution in [3.05, 3.63) is 59.7 Å². The Kier molecular flexibility index (Phi) is 3.99. The predicted molar refractivity (Wildman–Crippen MR) is 96.4 cm³/mol. The molecule has 2 aromatic heterocycles. The van der Waals surface area contributed by atoms with Gasteiger partial charge >= 0.3 is 0 Å². The molecule has 3 heterocycles. The second-order valence-electron chi connectivity index (χ2n) is 5.66. The van der Waals surface area contributed by atoms with E-state index in [4.69, 9.17) is 0 Å². The summed E-state index contributed by atoms with van der Waals surface area (Å²) in [6.45, 7) is 0. The van der Waals surface area contributed by atoms with Crippen molar-refractivity contribution in [1.82, 2.24) is 9.97 Å². The Bertz CT molecular complexity index is 939. The fourth-order valence-corrected chi connectivity index (χ4v) is 3.55. The van der Waals surface area contributed by atoms with Gasteiger partial charge in [0, 0.05) is 35.4 Å². The summed E-state index contributed by atoms with van der Waals surface area (Å²) in [5, 5.41) is 7.96. The number of para-hydroxylation sites is 1. The van der Waals surface area contributed by atoms with Gasteiger partial charge in [0.15, 0.2) is 5.13 Å². The van der Waals surface area contributed by atoms with Crippen molar-refractivity contribution in [2.75, 3.05) is 10.6 Å². The van der Waals surface area contributed by atoms with E-state index in [1.54, 1.807) is 12.4 Å². The smallest absolute Gasteiger partial charge is 0.232 e. The van der Waals surface area contributed by atoms with Crippen molar-refractivity contribution < 1.29 is 9.59 Å². The molecule has 2 N–H and O–H groups in total. The molecule has 0 unspecified atom stereocenters. The number of pyridine rings is 1. The number of fused-ring (bicyclic) bond motifs is 1. The highest BCUT2D eigenvalue weighted by Crippen LogP contribution is 2.34. The van der Waals surface area contributed by atoms with Crippen molar-refractivity contribution in [1.29, 1.82) is 0 Å². The van der Waals surface area contributed by atoms with Crippen LogP contribution in [0.5, 0.6) is 0 Å². The number of benzene rings is 1. The van der Waals surface area contributed by atoms with E-state index >= 15 is 0 Å². The minimum Gasteiger partial charge on any atom is -0.325 e. The van der Waals surface area contributed by atoms with Gasteiger partial charge in [-0.1, -0.05) is 18.2 Å². The number of nitrogens with one attached hydrogen (secondary N) is 2. The Hall–Kier alpha value is -3.06. The highest BCUT2D eigenvalue weighted by molar-refractivity contribution is 7.14. The maximum atomic E-state index is 12.3. The number of carbonyl (C=O) groups excluding carboxylic acids is 2. The van der Waals surface area contributed by atoms with Crippen molar-refractivity contribution in [2.45, 2.75) is 12.3 Å². The van der Waals surface area contributed by atoms with Crippen LogP contribution in [0.4, 0.5) is 10.8 Å². The molecule has 124 valence electrons. The minimum absolute atomic E-state index is 0.0879. The molecule has 0 aliphatic carbocycles. The lowest BCUT2D eigenvalue weighted by Crippen LogP contribution is -2.20. The number of amides is 2. The summed E-state index contributed by atoms with van der Waals surface area (Å²) < 4.78 is 0. The van der Waals surface area contributed by atoms with Crippen LogP contribution in [0.15, 0.2) is 54.2 Å². The second kappa shape index (κ2) is 6.45. The van der Waals surface area contributed by atoms with E-state index in [0.29, 0.717) is 5.13 Å². The Labute approximate surface area is 148 Å². The molecule has 0 radical (unpaired) electrons. The zero-order chi connectivity index (χ0) is 17.2. The number of rotatable bonds is 4. The number of hydrogen-bond acceptors (Lipinski definition) is 5. The van der Waals surface area contributed by atoms with Crippen LogP contribution in [-0.4, -0.2) is 21.8 Å². The third-order valence-electron chi connectivity index (χ3n) is 4.01. The number of aromatic nitrogens is 2. The monoisotopic (exact) mass is 350 g/mol. The molecule has 1 atom stereocenters. The summed E-state index contributed by atoms with van der Waals surface area (Å²) in [6.07, 6.45) is 3.51. The van der Waals surface area contributed by atoms with Crippen LogP contribution < -0.4 is 10.6 Å². The summed E-state index contributed by atoms with van der Waals surface area (Å²) in [7, 11) is 0. The molecule has 1 aliphatic rings. The first-order chi connectivity index (χ1) is 12.2. The summed E-state index contributed by atoms with van der Waals surface area (Å²) in [6, 6.07) is 11.2. The van der Waals surface area contributed by atoms with Crippen LogP contribution in [0.3, 0.4) is 0 Å². The first-order valence-corrected chi connectivity index (χ1v) is 8.64. The molecule has 1 aromatic carbocycles. The highest BCUT2D eigenvalue weighted by Gasteiger charge is 2.32. The van der Waals surface area contributed by atoms with E-state index < -0.39 is 5.92 Å². The summed E-state index contributed by atoms with van der Waals surface area (Å²) in [5.74, 6) is -0.843. The zero-order valence-corrected chi connectivity index (χ0v) is 13.9. The number of hydrogen-bond donors (Lipinski definition) is 2. The third kappa shape index (κ3) is 3.14. The zero-order valence-electron chi connectivity index (χ0n) is 13.1. The van der Waals surface area contributed by atoms with Gasteiger partial charge in [0.05, 0.1) is 11.6 Å². The minimum atomic E-state index is -0.464. The van der Waals surface area contributed by atoms with Gasteiger partial charge in [-0.25, -0.2) is 4.98 Å². The maximum absolute atomic E-state index is 12.3. The first-order valence-electron chi connectivity index (χ1n) is 7.76. The molecule has 0 saturated heterocycles. The van der Waals surface area contributed by atoms with Gasteiger partial charge in [0.1, 0.15) is 0 Å². The number of anilines is 2. The molecular weight excluding hydrogens is 336 g/mol. The summed E-state index contributed by atoms with van der Waals surface area (Å²) in [4.78, 5) is 32.9. The molecule has 25 heavy (non-hydrogen) atoms. The van der Waals surface area contributed by atoms with E-state index in [-0.39, 0.29) is 18.2 Å². The quantitative estimate of drug-likeness (QED) is 0.756. The molecule has 3 aromatic rings. The molecule has 4 rings (SSSR count). The first kappa shape index (κ1) is 15.5. The molecule has 0 spiro atoms. The van der Waals surface area contributed by atoms with Crippen molar-refractivity contribution >= 4 is 34.0 Å². The molecule has 0 bridgehead atoms. The molecule has 2 amide bonds. The average molecular weight is 350 g/mol. The third-order valence-corrected chi connectivity index (χ3v) is 4.77. The van der Waals surface area contributed by atoms with E-state index in [0.717, 1.165) is 22.5 Å². The van der Waals surface area contributed by atoms with Crippen molar-refractivity contribution in [2.24, 2.45) is 0 Å². The van der Waals surface area contributed by atoms with E-state index in [1.807, 2.05) is 41.8 Å². The summed E-state index contributed by atoms with van der Waals surface area (Å²) in [5.41, 5.74) is 3.29. The van der Waals surface area contributed by atoms with Crippen molar-refractivity contribution in [3.63, 3.8) is 0 Å². The molecule has 1 aliphatic heterocycles.